The monoisotopic (exact) mass is 389 g/mol. The highest BCUT2D eigenvalue weighted by atomic mass is 32.2. The van der Waals surface area contributed by atoms with Gasteiger partial charge in [0, 0.05) is 11.4 Å². The first-order valence-electron chi connectivity index (χ1n) is 8.24. The van der Waals surface area contributed by atoms with Crippen molar-refractivity contribution >= 4 is 35.2 Å². The lowest BCUT2D eigenvalue weighted by atomic mass is 10.1. The second-order valence-electron chi connectivity index (χ2n) is 6.27. The first kappa shape index (κ1) is 18.9. The number of benzene rings is 1. The Balaban J connectivity index is 1.66. The van der Waals surface area contributed by atoms with Crippen molar-refractivity contribution in [3.05, 3.63) is 41.2 Å². The van der Waals surface area contributed by atoms with Crippen molar-refractivity contribution in [1.29, 1.82) is 0 Å². The zero-order valence-corrected chi connectivity index (χ0v) is 15.7. The van der Waals surface area contributed by atoms with Gasteiger partial charge in [-0.2, -0.15) is 0 Å². The second-order valence-corrected chi connectivity index (χ2v) is 7.27. The lowest BCUT2D eigenvalue weighted by Crippen LogP contribution is -2.45. The highest BCUT2D eigenvalue weighted by Crippen LogP contribution is 2.23. The van der Waals surface area contributed by atoms with Crippen LogP contribution in [-0.4, -0.2) is 60.5 Å². The molecule has 2 aromatic rings. The minimum Gasteiger partial charge on any atom is -0.476 e. The number of rotatable bonds is 5. The minimum absolute atomic E-state index is 0.172. The number of aryl methyl sites for hydroxylation is 2. The number of thioether (sulfide) groups is 1. The maximum Gasteiger partial charge on any atom is 0.358 e. The van der Waals surface area contributed by atoms with E-state index in [2.05, 4.69) is 15.6 Å². The number of aromatic carboxylic acids is 1. The van der Waals surface area contributed by atoms with Gasteiger partial charge in [-0.15, -0.1) is 16.9 Å². The zero-order valence-electron chi connectivity index (χ0n) is 14.9. The standard InChI is InChI=1S/C17H19N5O4S/c1-10-3-4-12(5-11(10)2)18-16(24)14-8-27-9-22(14)15(23)7-21-6-13(17(25)26)19-20-21/h3-6,14H,7-9H2,1-2H3,(H,18,24)(H,25,26). The van der Waals surface area contributed by atoms with Crippen molar-refractivity contribution in [2.24, 2.45) is 0 Å². The average Bonchev–Trinajstić information content (AvgIpc) is 3.27. The molecular formula is C17H19N5O4S. The topological polar surface area (TPSA) is 117 Å². The number of hydrogen-bond acceptors (Lipinski definition) is 6. The second kappa shape index (κ2) is 7.78. The zero-order chi connectivity index (χ0) is 19.6. The van der Waals surface area contributed by atoms with Gasteiger partial charge in [0.25, 0.3) is 0 Å². The van der Waals surface area contributed by atoms with Crippen LogP contribution in [0, 0.1) is 13.8 Å². The van der Waals surface area contributed by atoms with E-state index in [0.29, 0.717) is 17.3 Å². The Morgan fingerprint density at radius 3 is 2.74 bits per heavy atom. The van der Waals surface area contributed by atoms with Crippen LogP contribution in [-0.2, 0) is 16.1 Å². The fourth-order valence-electron chi connectivity index (χ4n) is 2.65. The van der Waals surface area contributed by atoms with Crippen LogP contribution in [0.2, 0.25) is 0 Å². The van der Waals surface area contributed by atoms with Gasteiger partial charge >= 0.3 is 5.97 Å². The van der Waals surface area contributed by atoms with Crippen LogP contribution in [0.25, 0.3) is 0 Å². The molecule has 2 heterocycles. The van der Waals surface area contributed by atoms with Gasteiger partial charge in [-0.05, 0) is 37.1 Å². The van der Waals surface area contributed by atoms with E-state index in [1.165, 1.54) is 22.9 Å². The predicted molar refractivity (Wildman–Crippen MR) is 99.5 cm³/mol. The Kier molecular flexibility index (Phi) is 5.45. The first-order valence-corrected chi connectivity index (χ1v) is 9.39. The molecule has 10 heteroatoms. The molecule has 2 N–H and O–H groups in total. The molecule has 142 valence electrons. The van der Waals surface area contributed by atoms with Crippen molar-refractivity contribution in [2.75, 3.05) is 16.9 Å². The summed E-state index contributed by atoms with van der Waals surface area (Å²) in [5.41, 5.74) is 2.66. The molecule has 9 nitrogen and oxygen atoms in total. The van der Waals surface area contributed by atoms with Crippen molar-refractivity contribution in [3.8, 4) is 0 Å². The molecule has 0 saturated carbocycles. The van der Waals surface area contributed by atoms with Gasteiger partial charge in [-0.3, -0.25) is 9.59 Å². The van der Waals surface area contributed by atoms with Gasteiger partial charge < -0.3 is 15.3 Å². The van der Waals surface area contributed by atoms with Gasteiger partial charge in [0.15, 0.2) is 5.69 Å². The molecular weight excluding hydrogens is 370 g/mol. The third kappa shape index (κ3) is 4.27. The highest BCUT2D eigenvalue weighted by molar-refractivity contribution is 7.99. The van der Waals surface area contributed by atoms with E-state index in [9.17, 15) is 14.4 Å². The number of carbonyl (C=O) groups excluding carboxylic acids is 2. The first-order chi connectivity index (χ1) is 12.8. The summed E-state index contributed by atoms with van der Waals surface area (Å²) in [4.78, 5) is 37.5. The van der Waals surface area contributed by atoms with Gasteiger partial charge in [0.05, 0.1) is 12.1 Å². The Labute approximate surface area is 159 Å². The summed E-state index contributed by atoms with van der Waals surface area (Å²) in [6.07, 6.45) is 1.19. The number of nitrogens with zero attached hydrogens (tertiary/aromatic N) is 4. The SMILES string of the molecule is Cc1ccc(NC(=O)C2CSCN2C(=O)Cn2cc(C(=O)O)nn2)cc1C. The largest absolute Gasteiger partial charge is 0.476 e. The quantitative estimate of drug-likeness (QED) is 0.787. The van der Waals surface area contributed by atoms with Crippen LogP contribution in [0.1, 0.15) is 21.6 Å². The molecule has 1 atom stereocenters. The lowest BCUT2D eigenvalue weighted by molar-refractivity contribution is -0.136. The fraction of sp³-hybridized carbons (Fsp3) is 0.353. The van der Waals surface area contributed by atoms with Crippen LogP contribution in [0.4, 0.5) is 5.69 Å². The van der Waals surface area contributed by atoms with Crippen LogP contribution >= 0.6 is 11.8 Å². The Morgan fingerprint density at radius 2 is 2.07 bits per heavy atom. The molecule has 2 amide bonds. The van der Waals surface area contributed by atoms with Gasteiger partial charge in [-0.25, -0.2) is 9.48 Å². The number of aromatic nitrogens is 3. The smallest absolute Gasteiger partial charge is 0.358 e. The summed E-state index contributed by atoms with van der Waals surface area (Å²) in [6, 6.07) is 5.07. The van der Waals surface area contributed by atoms with Gasteiger partial charge in [-0.1, -0.05) is 11.3 Å². The number of nitrogens with one attached hydrogen (secondary N) is 1. The van der Waals surface area contributed by atoms with Crippen molar-refractivity contribution in [2.45, 2.75) is 26.4 Å². The van der Waals surface area contributed by atoms with Crippen molar-refractivity contribution in [3.63, 3.8) is 0 Å². The molecule has 1 aromatic heterocycles. The number of carboxylic acid groups (broad SMARTS) is 1. The number of carboxylic acids is 1. The molecule has 1 aliphatic heterocycles. The van der Waals surface area contributed by atoms with E-state index in [4.69, 9.17) is 5.11 Å². The Hall–Kier alpha value is -2.88. The normalized spacial score (nSPS) is 16.4. The van der Waals surface area contributed by atoms with Crippen LogP contribution in [0.3, 0.4) is 0 Å². The predicted octanol–water partition coefficient (Wildman–Crippen LogP) is 1.13. The van der Waals surface area contributed by atoms with Gasteiger partial charge in [0.1, 0.15) is 12.6 Å². The Morgan fingerprint density at radius 1 is 1.30 bits per heavy atom. The average molecular weight is 389 g/mol. The number of hydrogen-bond donors (Lipinski definition) is 2. The minimum atomic E-state index is -1.21. The molecule has 1 fully saturated rings. The van der Waals surface area contributed by atoms with E-state index < -0.39 is 12.0 Å². The molecule has 1 aromatic carbocycles. The fourth-order valence-corrected chi connectivity index (χ4v) is 3.83. The van der Waals surface area contributed by atoms with E-state index >= 15 is 0 Å². The summed E-state index contributed by atoms with van der Waals surface area (Å²) in [7, 11) is 0. The molecule has 0 bridgehead atoms. The third-order valence-electron chi connectivity index (χ3n) is 4.33. The van der Waals surface area contributed by atoms with Crippen LogP contribution < -0.4 is 5.32 Å². The maximum absolute atomic E-state index is 12.6. The summed E-state index contributed by atoms with van der Waals surface area (Å²) in [5.74, 6) is -0.885. The molecule has 3 rings (SSSR count). The molecule has 0 radical (unpaired) electrons. The lowest BCUT2D eigenvalue weighted by Gasteiger charge is -2.23. The van der Waals surface area contributed by atoms with E-state index in [0.717, 1.165) is 15.8 Å². The summed E-state index contributed by atoms with van der Waals surface area (Å²) < 4.78 is 1.16. The number of carbonyl (C=O) groups is 3. The summed E-state index contributed by atoms with van der Waals surface area (Å²) in [5, 5.41) is 18.8. The number of anilines is 1. The maximum atomic E-state index is 12.6. The number of amides is 2. The molecule has 27 heavy (non-hydrogen) atoms. The summed E-state index contributed by atoms with van der Waals surface area (Å²) >= 11 is 1.49. The summed E-state index contributed by atoms with van der Waals surface area (Å²) in [6.45, 7) is 3.79. The third-order valence-corrected chi connectivity index (χ3v) is 5.35. The molecule has 0 aliphatic carbocycles. The van der Waals surface area contributed by atoms with E-state index in [-0.39, 0.29) is 24.1 Å². The van der Waals surface area contributed by atoms with E-state index in [1.54, 1.807) is 0 Å². The van der Waals surface area contributed by atoms with Crippen LogP contribution in [0.5, 0.6) is 0 Å². The molecule has 1 aliphatic rings. The van der Waals surface area contributed by atoms with Crippen LogP contribution in [0.15, 0.2) is 24.4 Å². The van der Waals surface area contributed by atoms with E-state index in [1.807, 2.05) is 32.0 Å². The van der Waals surface area contributed by atoms with Gasteiger partial charge in [0.2, 0.25) is 11.8 Å². The van der Waals surface area contributed by atoms with Crippen molar-refractivity contribution in [1.82, 2.24) is 19.9 Å². The Bertz CT molecular complexity index is 897. The van der Waals surface area contributed by atoms with Crippen molar-refractivity contribution < 1.29 is 19.5 Å². The highest BCUT2D eigenvalue weighted by Gasteiger charge is 2.34. The molecule has 0 spiro atoms. The molecule has 1 unspecified atom stereocenters. The molecule has 1 saturated heterocycles.